The minimum Gasteiger partial charge on any atom is -0.309 e. The lowest BCUT2D eigenvalue weighted by molar-refractivity contribution is 0.101. The average molecular weight is 188 g/mol. The second-order valence-electron chi connectivity index (χ2n) is 2.85. The van der Waals surface area contributed by atoms with Gasteiger partial charge in [-0.3, -0.25) is 9.78 Å². The predicted molar refractivity (Wildman–Crippen MR) is 55.0 cm³/mol. The van der Waals surface area contributed by atoms with E-state index in [1.165, 1.54) is 6.92 Å². The molecule has 0 radical (unpaired) electrons. The number of carbonyl (C=O) groups excluding carboxylic acids is 1. The van der Waals surface area contributed by atoms with Crippen molar-refractivity contribution in [2.45, 2.75) is 6.92 Å². The van der Waals surface area contributed by atoms with Crippen LogP contribution in [0.3, 0.4) is 0 Å². The molecule has 1 N–H and O–H groups in total. The van der Waals surface area contributed by atoms with Crippen molar-refractivity contribution < 1.29 is 4.79 Å². The van der Waals surface area contributed by atoms with E-state index in [1.807, 2.05) is 7.05 Å². The Morgan fingerprint density at radius 3 is 3.00 bits per heavy atom. The maximum Gasteiger partial charge on any atom is 0.161 e. The highest BCUT2D eigenvalue weighted by atomic mass is 16.1. The first kappa shape index (κ1) is 10.4. The summed E-state index contributed by atoms with van der Waals surface area (Å²) in [5.74, 6) is 5.83. The van der Waals surface area contributed by atoms with E-state index in [0.717, 1.165) is 5.56 Å². The molecule has 0 aliphatic heterocycles. The van der Waals surface area contributed by atoms with Crippen LogP contribution in [0.4, 0.5) is 0 Å². The Morgan fingerprint density at radius 2 is 2.36 bits per heavy atom. The Bertz CT molecular complexity index is 388. The van der Waals surface area contributed by atoms with E-state index in [2.05, 4.69) is 22.1 Å². The number of aromatic nitrogens is 1. The summed E-state index contributed by atoms with van der Waals surface area (Å²) < 4.78 is 0. The molecule has 0 saturated heterocycles. The molecular formula is C11H12N2O. The number of Topliss-reactive ketones (excluding diaryl/α,β-unsaturated/α-hetero) is 1. The minimum atomic E-state index is 0.00904. The number of pyridine rings is 1. The first-order valence-electron chi connectivity index (χ1n) is 4.33. The molecule has 0 aliphatic rings. The van der Waals surface area contributed by atoms with Crippen LogP contribution in [-0.4, -0.2) is 24.4 Å². The van der Waals surface area contributed by atoms with Crippen LogP contribution in [0.2, 0.25) is 0 Å². The van der Waals surface area contributed by atoms with Crippen molar-refractivity contribution in [2.75, 3.05) is 13.6 Å². The molecule has 0 amide bonds. The standard InChI is InChI=1S/C11H12N2O/c1-9(14)11-6-10(7-13-8-11)4-3-5-12-2/h6-8,12H,5H2,1-2H3. The predicted octanol–water partition coefficient (Wildman–Crippen LogP) is 0.855. The summed E-state index contributed by atoms with van der Waals surface area (Å²) in [6.07, 6.45) is 3.20. The lowest BCUT2D eigenvalue weighted by atomic mass is 10.1. The Morgan fingerprint density at radius 1 is 1.57 bits per heavy atom. The van der Waals surface area contributed by atoms with Gasteiger partial charge >= 0.3 is 0 Å². The van der Waals surface area contributed by atoms with Crippen LogP contribution in [0, 0.1) is 11.8 Å². The number of hydrogen-bond donors (Lipinski definition) is 1. The topological polar surface area (TPSA) is 42.0 Å². The third-order valence-corrected chi connectivity index (χ3v) is 1.64. The van der Waals surface area contributed by atoms with Gasteiger partial charge in [0.1, 0.15) is 0 Å². The molecule has 0 atom stereocenters. The monoisotopic (exact) mass is 188 g/mol. The number of nitrogens with zero attached hydrogens (tertiary/aromatic N) is 1. The van der Waals surface area contributed by atoms with E-state index in [4.69, 9.17) is 0 Å². The Balaban J connectivity index is 2.85. The molecule has 0 aliphatic carbocycles. The molecule has 0 fully saturated rings. The molecule has 0 bridgehead atoms. The Hall–Kier alpha value is -1.66. The third kappa shape index (κ3) is 3.00. The quantitative estimate of drug-likeness (QED) is 0.552. The number of carbonyl (C=O) groups is 1. The van der Waals surface area contributed by atoms with Crippen molar-refractivity contribution in [3.05, 3.63) is 29.6 Å². The van der Waals surface area contributed by atoms with Crippen molar-refractivity contribution >= 4 is 5.78 Å². The molecule has 3 heteroatoms. The zero-order valence-corrected chi connectivity index (χ0v) is 8.29. The van der Waals surface area contributed by atoms with Gasteiger partial charge in [-0.15, -0.1) is 0 Å². The van der Waals surface area contributed by atoms with Crippen molar-refractivity contribution in [2.24, 2.45) is 0 Å². The highest BCUT2D eigenvalue weighted by molar-refractivity contribution is 5.93. The van der Waals surface area contributed by atoms with Gasteiger partial charge in [0, 0.05) is 23.5 Å². The summed E-state index contributed by atoms with van der Waals surface area (Å²) in [6.45, 7) is 2.14. The number of ketones is 1. The highest BCUT2D eigenvalue weighted by Gasteiger charge is 1.98. The lowest BCUT2D eigenvalue weighted by Crippen LogP contribution is -2.04. The van der Waals surface area contributed by atoms with Crippen LogP contribution in [-0.2, 0) is 0 Å². The van der Waals surface area contributed by atoms with Crippen LogP contribution in [0.25, 0.3) is 0 Å². The van der Waals surface area contributed by atoms with Gasteiger partial charge in [0.25, 0.3) is 0 Å². The fraction of sp³-hybridized carbons (Fsp3) is 0.273. The molecule has 0 spiro atoms. The number of hydrogen-bond acceptors (Lipinski definition) is 3. The highest BCUT2D eigenvalue weighted by Crippen LogP contribution is 2.01. The first-order valence-corrected chi connectivity index (χ1v) is 4.33. The summed E-state index contributed by atoms with van der Waals surface area (Å²) >= 11 is 0. The number of rotatable bonds is 2. The maximum absolute atomic E-state index is 11.0. The Labute approximate surface area is 83.6 Å². The smallest absolute Gasteiger partial charge is 0.161 e. The fourth-order valence-electron chi connectivity index (χ4n) is 0.935. The molecule has 1 heterocycles. The normalized spacial score (nSPS) is 9.00. The first-order chi connectivity index (χ1) is 6.74. The second kappa shape index (κ2) is 5.15. The van der Waals surface area contributed by atoms with E-state index < -0.39 is 0 Å². The summed E-state index contributed by atoms with van der Waals surface area (Å²) in [4.78, 5) is 15.0. The molecule has 3 nitrogen and oxygen atoms in total. The molecule has 0 saturated carbocycles. The third-order valence-electron chi connectivity index (χ3n) is 1.64. The van der Waals surface area contributed by atoms with Crippen molar-refractivity contribution in [1.29, 1.82) is 0 Å². The van der Waals surface area contributed by atoms with Crippen LogP contribution in [0.15, 0.2) is 18.5 Å². The van der Waals surface area contributed by atoms with Crippen molar-refractivity contribution in [3.8, 4) is 11.8 Å². The average Bonchev–Trinajstić information content (AvgIpc) is 2.19. The van der Waals surface area contributed by atoms with Gasteiger partial charge in [0.2, 0.25) is 0 Å². The zero-order valence-electron chi connectivity index (χ0n) is 8.29. The molecule has 0 unspecified atom stereocenters. The van der Waals surface area contributed by atoms with Crippen LogP contribution >= 0.6 is 0 Å². The maximum atomic E-state index is 11.0. The second-order valence-corrected chi connectivity index (χ2v) is 2.85. The molecule has 1 aromatic heterocycles. The van der Waals surface area contributed by atoms with Gasteiger partial charge < -0.3 is 5.32 Å². The van der Waals surface area contributed by atoms with E-state index in [0.29, 0.717) is 12.1 Å². The van der Waals surface area contributed by atoms with Gasteiger partial charge in [-0.1, -0.05) is 11.8 Å². The summed E-state index contributed by atoms with van der Waals surface area (Å²) in [5.41, 5.74) is 1.37. The Kier molecular flexibility index (Phi) is 3.84. The molecule has 1 aromatic rings. The van der Waals surface area contributed by atoms with Crippen molar-refractivity contribution in [3.63, 3.8) is 0 Å². The summed E-state index contributed by atoms with van der Waals surface area (Å²) in [5, 5.41) is 2.91. The van der Waals surface area contributed by atoms with E-state index in [1.54, 1.807) is 18.5 Å². The van der Waals surface area contributed by atoms with Gasteiger partial charge in [-0.25, -0.2) is 0 Å². The zero-order chi connectivity index (χ0) is 10.4. The van der Waals surface area contributed by atoms with Crippen LogP contribution in [0.1, 0.15) is 22.8 Å². The van der Waals surface area contributed by atoms with E-state index in [-0.39, 0.29) is 5.78 Å². The lowest BCUT2D eigenvalue weighted by Gasteiger charge is -1.94. The minimum absolute atomic E-state index is 0.00904. The van der Waals surface area contributed by atoms with Gasteiger partial charge in [0.05, 0.1) is 6.54 Å². The largest absolute Gasteiger partial charge is 0.309 e. The molecular weight excluding hydrogens is 176 g/mol. The number of nitrogens with one attached hydrogen (secondary N) is 1. The van der Waals surface area contributed by atoms with Crippen molar-refractivity contribution in [1.82, 2.24) is 10.3 Å². The fourth-order valence-corrected chi connectivity index (χ4v) is 0.935. The SMILES string of the molecule is CNCC#Cc1cncc(C(C)=O)c1. The van der Waals surface area contributed by atoms with Gasteiger partial charge in [-0.2, -0.15) is 0 Å². The van der Waals surface area contributed by atoms with Gasteiger partial charge in [0.15, 0.2) is 5.78 Å². The van der Waals surface area contributed by atoms with E-state index >= 15 is 0 Å². The molecule has 72 valence electrons. The molecule has 14 heavy (non-hydrogen) atoms. The summed E-state index contributed by atoms with van der Waals surface area (Å²) in [7, 11) is 1.83. The van der Waals surface area contributed by atoms with Crippen LogP contribution < -0.4 is 5.32 Å². The summed E-state index contributed by atoms with van der Waals surface area (Å²) in [6, 6.07) is 1.75. The van der Waals surface area contributed by atoms with Gasteiger partial charge in [-0.05, 0) is 20.0 Å². The molecule has 1 rings (SSSR count). The van der Waals surface area contributed by atoms with E-state index in [9.17, 15) is 4.79 Å². The van der Waals surface area contributed by atoms with Crippen LogP contribution in [0.5, 0.6) is 0 Å². The molecule has 0 aromatic carbocycles.